The van der Waals surface area contributed by atoms with Crippen LogP contribution in [0.25, 0.3) is 0 Å². The van der Waals surface area contributed by atoms with Crippen LogP contribution in [-0.2, 0) is 14.3 Å². The van der Waals surface area contributed by atoms with Crippen LogP contribution in [0.5, 0.6) is 0 Å². The number of carbonyl (C=O) groups excluding carboxylic acids is 1. The third-order valence-electron chi connectivity index (χ3n) is 6.21. The minimum Gasteiger partial charge on any atom is -0.461 e. The lowest BCUT2D eigenvalue weighted by Crippen LogP contribution is -2.60. The van der Waals surface area contributed by atoms with Crippen molar-refractivity contribution in [2.45, 2.75) is 56.6 Å². The van der Waals surface area contributed by atoms with Gasteiger partial charge >= 0.3 is 5.97 Å². The van der Waals surface area contributed by atoms with Gasteiger partial charge in [0.05, 0.1) is 14.1 Å². The number of likely N-dealkylation sites (N-methyl/N-ethyl adjacent to an activating group) is 1. The van der Waals surface area contributed by atoms with E-state index in [2.05, 4.69) is 14.1 Å². The van der Waals surface area contributed by atoms with E-state index >= 15 is 0 Å². The van der Waals surface area contributed by atoms with E-state index in [0.717, 1.165) is 27.1 Å². The standard InChI is InChI=1S/C19H22NO3S2.CH4.BrH/c1-20(2)12-9-11(10-13(20)18-17(12)23-18)22-19(21)16(14-5-3-7-24-14)15-6-4-8-25-15;;/h3-8,11-13,16-18H,9-10H2,1-2H3;1H4;1H/q+1;;. The molecule has 3 fully saturated rings. The van der Waals surface area contributed by atoms with Gasteiger partial charge in [0.25, 0.3) is 0 Å². The van der Waals surface area contributed by atoms with Crippen molar-refractivity contribution in [2.24, 2.45) is 0 Å². The van der Waals surface area contributed by atoms with Gasteiger partial charge in [-0.1, -0.05) is 19.6 Å². The quantitative estimate of drug-likeness (QED) is 0.374. The Morgan fingerprint density at radius 1 is 1.11 bits per heavy atom. The molecule has 27 heavy (non-hydrogen) atoms. The number of fused-ring (bicyclic) bond motifs is 5. The number of piperidine rings is 1. The number of morpholine rings is 1. The summed E-state index contributed by atoms with van der Waals surface area (Å²) in [7, 11) is 4.59. The Hall–Kier alpha value is -0.730. The molecule has 5 heterocycles. The molecule has 4 nitrogen and oxygen atoms in total. The Kier molecular flexibility index (Phi) is 5.90. The van der Waals surface area contributed by atoms with Crippen molar-refractivity contribution in [1.29, 1.82) is 0 Å². The van der Waals surface area contributed by atoms with Gasteiger partial charge in [-0.05, 0) is 22.9 Å². The lowest BCUT2D eigenvalue weighted by atomic mass is 9.96. The lowest BCUT2D eigenvalue weighted by Gasteiger charge is -2.45. The number of thiophene rings is 2. The fourth-order valence-corrected chi connectivity index (χ4v) is 6.55. The molecule has 7 heteroatoms. The number of nitrogens with zero attached hydrogens (tertiary/aromatic N) is 1. The summed E-state index contributed by atoms with van der Waals surface area (Å²) in [6, 6.07) is 8.99. The van der Waals surface area contributed by atoms with Gasteiger partial charge in [0.1, 0.15) is 36.3 Å². The number of quaternary nitrogens is 1. The highest BCUT2D eigenvalue weighted by Gasteiger charge is 2.70. The third-order valence-corrected chi connectivity index (χ3v) is 8.09. The zero-order valence-electron chi connectivity index (χ0n) is 14.7. The Morgan fingerprint density at radius 3 is 2.07 bits per heavy atom. The Bertz CT molecular complexity index is 723. The highest BCUT2D eigenvalue weighted by molar-refractivity contribution is 8.93. The van der Waals surface area contributed by atoms with E-state index in [1.165, 1.54) is 0 Å². The summed E-state index contributed by atoms with van der Waals surface area (Å²) < 4.78 is 12.9. The monoisotopic (exact) mass is 472 g/mol. The predicted octanol–water partition coefficient (Wildman–Crippen LogP) is 4.46. The SMILES string of the molecule is Br.C.C[N+]1(C)C2CC(OC(=O)C(c3cccs3)c3cccs3)CC1C1OC12. The van der Waals surface area contributed by atoms with Crippen molar-refractivity contribution in [1.82, 2.24) is 0 Å². The minimum absolute atomic E-state index is 0. The van der Waals surface area contributed by atoms with Crippen molar-refractivity contribution in [3.8, 4) is 0 Å². The van der Waals surface area contributed by atoms with Gasteiger partial charge < -0.3 is 14.0 Å². The van der Waals surface area contributed by atoms with Crippen LogP contribution < -0.4 is 0 Å². The molecule has 4 atom stereocenters. The van der Waals surface area contributed by atoms with Crippen LogP contribution in [0.2, 0.25) is 0 Å². The molecule has 3 aliphatic rings. The van der Waals surface area contributed by atoms with Crippen LogP contribution in [0.1, 0.15) is 35.9 Å². The molecule has 2 aromatic rings. The molecular weight excluding hydrogens is 446 g/mol. The highest BCUT2D eigenvalue weighted by atomic mass is 79.9. The summed E-state index contributed by atoms with van der Waals surface area (Å²) in [4.78, 5) is 15.2. The van der Waals surface area contributed by atoms with Crippen molar-refractivity contribution < 1.29 is 18.8 Å². The second kappa shape index (κ2) is 7.59. The summed E-state index contributed by atoms with van der Waals surface area (Å²) in [5, 5.41) is 4.05. The van der Waals surface area contributed by atoms with Gasteiger partial charge in [-0.15, -0.1) is 39.7 Å². The van der Waals surface area contributed by atoms with Gasteiger partial charge in [-0.25, -0.2) is 0 Å². The molecular formula is C20H27BrNO3S2+. The van der Waals surface area contributed by atoms with E-state index < -0.39 is 0 Å². The number of ether oxygens (including phenoxy) is 2. The third kappa shape index (κ3) is 3.42. The van der Waals surface area contributed by atoms with Gasteiger partial charge in [-0.2, -0.15) is 0 Å². The van der Waals surface area contributed by atoms with Crippen molar-refractivity contribution in [3.63, 3.8) is 0 Å². The fraction of sp³-hybridized carbons (Fsp3) is 0.550. The maximum atomic E-state index is 13.1. The maximum absolute atomic E-state index is 13.1. The molecule has 3 saturated heterocycles. The molecule has 148 valence electrons. The number of esters is 1. The zero-order valence-corrected chi connectivity index (χ0v) is 18.1. The van der Waals surface area contributed by atoms with Gasteiger partial charge in [0.2, 0.25) is 0 Å². The molecule has 0 aromatic carbocycles. The van der Waals surface area contributed by atoms with E-state index in [9.17, 15) is 4.79 Å². The Labute approximate surface area is 179 Å². The number of rotatable bonds is 4. The van der Waals surface area contributed by atoms with Crippen LogP contribution in [0.15, 0.2) is 35.0 Å². The van der Waals surface area contributed by atoms with E-state index in [-0.39, 0.29) is 42.4 Å². The topological polar surface area (TPSA) is 38.8 Å². The Balaban J connectivity index is 0.00000105. The molecule has 0 radical (unpaired) electrons. The second-order valence-electron chi connectivity index (χ2n) is 7.82. The van der Waals surface area contributed by atoms with E-state index in [4.69, 9.17) is 9.47 Å². The van der Waals surface area contributed by atoms with E-state index in [0.29, 0.717) is 24.3 Å². The summed E-state index contributed by atoms with van der Waals surface area (Å²) in [6.45, 7) is 0. The number of carbonyl (C=O) groups is 1. The van der Waals surface area contributed by atoms with Crippen molar-refractivity contribution in [3.05, 3.63) is 44.8 Å². The van der Waals surface area contributed by atoms with Crippen LogP contribution >= 0.6 is 39.7 Å². The molecule has 0 aliphatic carbocycles. The first-order valence-corrected chi connectivity index (χ1v) is 10.6. The first-order chi connectivity index (χ1) is 12.1. The number of epoxide rings is 1. The first kappa shape index (κ1) is 21.0. The largest absolute Gasteiger partial charge is 0.461 e. The molecule has 0 amide bonds. The van der Waals surface area contributed by atoms with Crippen LogP contribution in [0.4, 0.5) is 0 Å². The molecule has 5 rings (SSSR count). The van der Waals surface area contributed by atoms with Gasteiger partial charge in [-0.3, -0.25) is 4.79 Å². The number of halogens is 1. The summed E-state index contributed by atoms with van der Waals surface area (Å²) in [5.74, 6) is -0.385. The van der Waals surface area contributed by atoms with Crippen LogP contribution in [0.3, 0.4) is 0 Å². The molecule has 0 saturated carbocycles. The maximum Gasteiger partial charge on any atom is 0.319 e. The molecule has 0 spiro atoms. The highest BCUT2D eigenvalue weighted by Crippen LogP contribution is 2.51. The fourth-order valence-electron chi connectivity index (χ4n) is 4.82. The number of hydrogen-bond donors (Lipinski definition) is 0. The summed E-state index contributed by atoms with van der Waals surface area (Å²) in [5.41, 5.74) is 0. The Morgan fingerprint density at radius 2 is 1.63 bits per heavy atom. The van der Waals surface area contributed by atoms with E-state index in [1.54, 1.807) is 22.7 Å². The average molecular weight is 473 g/mol. The van der Waals surface area contributed by atoms with Gasteiger partial charge in [0, 0.05) is 22.6 Å². The second-order valence-corrected chi connectivity index (χ2v) is 9.78. The smallest absolute Gasteiger partial charge is 0.319 e. The van der Waals surface area contributed by atoms with Crippen LogP contribution in [0, 0.1) is 0 Å². The zero-order chi connectivity index (χ0) is 17.2. The van der Waals surface area contributed by atoms with Crippen molar-refractivity contribution >= 4 is 45.6 Å². The predicted molar refractivity (Wildman–Crippen MR) is 115 cm³/mol. The normalized spacial score (nSPS) is 32.2. The first-order valence-electron chi connectivity index (χ1n) is 8.82. The van der Waals surface area contributed by atoms with Crippen LogP contribution in [-0.4, -0.2) is 54.9 Å². The summed E-state index contributed by atoms with van der Waals surface area (Å²) >= 11 is 3.25. The average Bonchev–Trinajstić information content (AvgIpc) is 2.91. The number of hydrogen-bond acceptors (Lipinski definition) is 5. The lowest BCUT2D eigenvalue weighted by molar-refractivity contribution is -0.938. The molecule has 0 N–H and O–H groups in total. The van der Waals surface area contributed by atoms with Crippen molar-refractivity contribution in [2.75, 3.05) is 14.1 Å². The summed E-state index contributed by atoms with van der Waals surface area (Å²) in [6.07, 6.45) is 2.62. The minimum atomic E-state index is -0.284. The molecule has 2 bridgehead atoms. The molecule has 4 unspecified atom stereocenters. The molecule has 2 aromatic heterocycles. The van der Waals surface area contributed by atoms with E-state index in [1.807, 2.05) is 35.0 Å². The molecule has 3 aliphatic heterocycles. The van der Waals surface area contributed by atoms with Gasteiger partial charge in [0.15, 0.2) is 0 Å².